The fourth-order valence-electron chi connectivity index (χ4n) is 2.92. The molecule has 1 aromatic heterocycles. The average molecular weight is 435 g/mol. The average Bonchev–Trinajstić information content (AvgIpc) is 3.09. The minimum atomic E-state index is -3.86. The smallest absolute Gasteiger partial charge is 0.241 e. The van der Waals surface area contributed by atoms with Gasteiger partial charge >= 0.3 is 0 Å². The Labute approximate surface area is 174 Å². The molecule has 2 atom stereocenters. The Balaban J connectivity index is 1.74. The van der Waals surface area contributed by atoms with Crippen molar-refractivity contribution in [1.82, 2.24) is 20.0 Å². The van der Waals surface area contributed by atoms with Crippen molar-refractivity contribution in [3.63, 3.8) is 0 Å². The molecule has 0 fully saturated rings. The van der Waals surface area contributed by atoms with Gasteiger partial charge in [-0.15, -0.1) is 0 Å². The zero-order valence-corrected chi connectivity index (χ0v) is 17.9. The molecule has 0 bridgehead atoms. The number of benzene rings is 2. The van der Waals surface area contributed by atoms with Crippen molar-refractivity contribution >= 4 is 38.6 Å². The van der Waals surface area contributed by atoms with Crippen molar-refractivity contribution in [3.8, 4) is 0 Å². The summed E-state index contributed by atoms with van der Waals surface area (Å²) in [5.74, 6) is 0.226. The predicted molar refractivity (Wildman–Crippen MR) is 113 cm³/mol. The number of rotatable bonds is 7. The quantitative estimate of drug-likeness (QED) is 0.530. The molecule has 0 aliphatic carbocycles. The normalized spacial score (nSPS) is 14.1. The van der Waals surface area contributed by atoms with E-state index in [1.807, 2.05) is 38.1 Å². The second-order valence-electron chi connectivity index (χ2n) is 7.17. The van der Waals surface area contributed by atoms with Crippen LogP contribution in [0.15, 0.2) is 53.4 Å². The molecule has 0 aliphatic heterocycles. The number of nitrogens with one attached hydrogen (secondary N) is 3. The zero-order chi connectivity index (χ0) is 21.2. The second-order valence-corrected chi connectivity index (χ2v) is 9.32. The molecule has 0 radical (unpaired) electrons. The Morgan fingerprint density at radius 2 is 1.72 bits per heavy atom. The van der Waals surface area contributed by atoms with Crippen molar-refractivity contribution in [1.29, 1.82) is 0 Å². The Morgan fingerprint density at radius 1 is 1.07 bits per heavy atom. The van der Waals surface area contributed by atoms with Crippen LogP contribution in [0.2, 0.25) is 5.02 Å². The molecular weight excluding hydrogens is 412 g/mol. The number of fused-ring (bicyclic) bond motifs is 1. The SMILES string of the molecule is CC(C)C(NC(=O)[C@H](C)NS(=O)(=O)c1ccc(Cl)cc1)c1nc2ccccc2[nH]1. The van der Waals surface area contributed by atoms with Crippen LogP contribution < -0.4 is 10.0 Å². The monoisotopic (exact) mass is 434 g/mol. The number of carbonyl (C=O) groups excluding carboxylic acids is 1. The van der Waals surface area contributed by atoms with Gasteiger partial charge < -0.3 is 10.3 Å². The number of hydrogen-bond acceptors (Lipinski definition) is 4. The lowest BCUT2D eigenvalue weighted by atomic mass is 10.0. The summed E-state index contributed by atoms with van der Waals surface area (Å²) in [7, 11) is -3.86. The second kappa shape index (κ2) is 8.52. The molecule has 0 aliphatic rings. The van der Waals surface area contributed by atoms with Gasteiger partial charge in [0.2, 0.25) is 15.9 Å². The molecular formula is C20H23ClN4O3S. The van der Waals surface area contributed by atoms with Gasteiger partial charge in [-0.05, 0) is 49.2 Å². The van der Waals surface area contributed by atoms with Crippen LogP contribution in [0.1, 0.15) is 32.6 Å². The van der Waals surface area contributed by atoms with E-state index < -0.39 is 28.0 Å². The Kier molecular flexibility index (Phi) is 6.26. The summed E-state index contributed by atoms with van der Waals surface area (Å²) in [6.07, 6.45) is 0. The number of hydrogen-bond donors (Lipinski definition) is 3. The third-order valence-electron chi connectivity index (χ3n) is 4.52. The maximum absolute atomic E-state index is 12.7. The van der Waals surface area contributed by atoms with Gasteiger partial charge in [0.05, 0.1) is 28.0 Å². The van der Waals surface area contributed by atoms with Crippen molar-refractivity contribution in [2.24, 2.45) is 5.92 Å². The van der Waals surface area contributed by atoms with E-state index in [1.165, 1.54) is 31.2 Å². The minimum absolute atomic E-state index is 0.0410. The van der Waals surface area contributed by atoms with Gasteiger partial charge in [-0.25, -0.2) is 13.4 Å². The topological polar surface area (TPSA) is 104 Å². The van der Waals surface area contributed by atoms with E-state index in [2.05, 4.69) is 20.0 Å². The Hall–Kier alpha value is -2.42. The highest BCUT2D eigenvalue weighted by atomic mass is 35.5. The molecule has 1 unspecified atom stereocenters. The number of nitrogens with zero attached hydrogens (tertiary/aromatic N) is 1. The first kappa shape index (κ1) is 21.3. The number of H-pyrrole nitrogens is 1. The Morgan fingerprint density at radius 3 is 2.34 bits per heavy atom. The third-order valence-corrected chi connectivity index (χ3v) is 6.32. The minimum Gasteiger partial charge on any atom is -0.345 e. The first-order chi connectivity index (χ1) is 13.7. The van der Waals surface area contributed by atoms with Gasteiger partial charge in [0.1, 0.15) is 5.82 Å². The predicted octanol–water partition coefficient (Wildman–Crippen LogP) is 3.40. The number of amides is 1. The molecule has 9 heteroatoms. The zero-order valence-electron chi connectivity index (χ0n) is 16.3. The van der Waals surface area contributed by atoms with Crippen LogP contribution in [0.4, 0.5) is 0 Å². The fourth-order valence-corrected chi connectivity index (χ4v) is 4.25. The number of carbonyl (C=O) groups is 1. The number of aromatic nitrogens is 2. The molecule has 1 amide bonds. The van der Waals surface area contributed by atoms with E-state index in [9.17, 15) is 13.2 Å². The van der Waals surface area contributed by atoms with Gasteiger partial charge in [-0.1, -0.05) is 37.6 Å². The summed E-state index contributed by atoms with van der Waals surface area (Å²) in [6, 6.07) is 12.0. The van der Waals surface area contributed by atoms with Crippen LogP contribution in [0, 0.1) is 5.92 Å². The highest BCUT2D eigenvalue weighted by Crippen LogP contribution is 2.22. The number of sulfonamides is 1. The summed E-state index contributed by atoms with van der Waals surface area (Å²) in [5.41, 5.74) is 1.68. The number of halogens is 1. The van der Waals surface area contributed by atoms with Crippen LogP contribution in [0.25, 0.3) is 11.0 Å². The van der Waals surface area contributed by atoms with E-state index in [1.54, 1.807) is 0 Å². The maximum atomic E-state index is 12.7. The van der Waals surface area contributed by atoms with Gasteiger partial charge in [-0.3, -0.25) is 4.79 Å². The first-order valence-corrected chi connectivity index (χ1v) is 11.1. The molecule has 3 aromatic rings. The molecule has 3 rings (SSSR count). The number of aromatic amines is 1. The lowest BCUT2D eigenvalue weighted by Gasteiger charge is -2.23. The van der Waals surface area contributed by atoms with Crippen molar-refractivity contribution in [3.05, 3.63) is 59.4 Å². The van der Waals surface area contributed by atoms with Crippen LogP contribution in [-0.2, 0) is 14.8 Å². The Bertz CT molecular complexity index is 1080. The number of para-hydroxylation sites is 2. The summed E-state index contributed by atoms with van der Waals surface area (Å²) in [4.78, 5) is 20.5. The summed E-state index contributed by atoms with van der Waals surface area (Å²) >= 11 is 5.80. The summed E-state index contributed by atoms with van der Waals surface area (Å²) in [5, 5.41) is 3.33. The van der Waals surface area contributed by atoms with Gasteiger partial charge in [0.15, 0.2) is 0 Å². The maximum Gasteiger partial charge on any atom is 0.241 e. The van der Waals surface area contributed by atoms with Crippen LogP contribution in [0.3, 0.4) is 0 Å². The van der Waals surface area contributed by atoms with Crippen LogP contribution >= 0.6 is 11.6 Å². The van der Waals surface area contributed by atoms with E-state index in [4.69, 9.17) is 11.6 Å². The highest BCUT2D eigenvalue weighted by Gasteiger charge is 2.27. The van der Waals surface area contributed by atoms with Gasteiger partial charge in [-0.2, -0.15) is 4.72 Å². The molecule has 1 heterocycles. The van der Waals surface area contributed by atoms with E-state index in [0.29, 0.717) is 10.8 Å². The fraction of sp³-hybridized carbons (Fsp3) is 0.300. The molecule has 3 N–H and O–H groups in total. The molecule has 0 saturated heterocycles. The van der Waals surface area contributed by atoms with E-state index >= 15 is 0 Å². The number of imidazole rings is 1. The molecule has 7 nitrogen and oxygen atoms in total. The van der Waals surface area contributed by atoms with E-state index in [-0.39, 0.29) is 10.8 Å². The lowest BCUT2D eigenvalue weighted by molar-refractivity contribution is -0.123. The molecule has 0 saturated carbocycles. The largest absolute Gasteiger partial charge is 0.345 e. The van der Waals surface area contributed by atoms with Crippen molar-refractivity contribution in [2.45, 2.75) is 37.8 Å². The van der Waals surface area contributed by atoms with Gasteiger partial charge in [0.25, 0.3) is 0 Å². The first-order valence-electron chi connectivity index (χ1n) is 9.20. The molecule has 0 spiro atoms. The molecule has 154 valence electrons. The standard InChI is InChI=1S/C20H23ClN4O3S/c1-12(2)18(19-22-16-6-4-5-7-17(16)23-19)24-20(26)13(3)25-29(27,28)15-10-8-14(21)9-11-15/h4-13,18,25H,1-3H3,(H,22,23)(H,24,26)/t13-,18?/m0/s1. The van der Waals surface area contributed by atoms with E-state index in [0.717, 1.165) is 11.0 Å². The van der Waals surface area contributed by atoms with Crippen molar-refractivity contribution in [2.75, 3.05) is 0 Å². The van der Waals surface area contributed by atoms with Crippen LogP contribution in [-0.4, -0.2) is 30.3 Å². The molecule has 2 aromatic carbocycles. The third kappa shape index (κ3) is 4.95. The lowest BCUT2D eigenvalue weighted by Crippen LogP contribution is -2.46. The highest BCUT2D eigenvalue weighted by molar-refractivity contribution is 7.89. The summed E-state index contributed by atoms with van der Waals surface area (Å²) < 4.78 is 27.4. The van der Waals surface area contributed by atoms with Crippen molar-refractivity contribution < 1.29 is 13.2 Å². The van der Waals surface area contributed by atoms with Crippen LogP contribution in [0.5, 0.6) is 0 Å². The summed E-state index contributed by atoms with van der Waals surface area (Å²) in [6.45, 7) is 5.42. The van der Waals surface area contributed by atoms with Gasteiger partial charge in [0, 0.05) is 5.02 Å². The molecule has 29 heavy (non-hydrogen) atoms.